The molecule has 1 aliphatic heterocycles. The van der Waals surface area contributed by atoms with Crippen LogP contribution < -0.4 is 20.9 Å². The summed E-state index contributed by atoms with van der Waals surface area (Å²) in [5.41, 5.74) is 9.46. The molecule has 1 fully saturated rings. The van der Waals surface area contributed by atoms with E-state index >= 15 is 0 Å². The number of hydrogen-bond acceptors (Lipinski definition) is 11. The summed E-state index contributed by atoms with van der Waals surface area (Å²) in [5, 5.41) is 1.15. The molecule has 0 saturated carbocycles. The number of benzene rings is 1. The molecule has 6 rings (SSSR count). The van der Waals surface area contributed by atoms with Crippen molar-refractivity contribution in [1.82, 2.24) is 29.6 Å². The van der Waals surface area contributed by atoms with E-state index in [1.807, 2.05) is 26.3 Å². The van der Waals surface area contributed by atoms with Crippen LogP contribution in [0.3, 0.4) is 0 Å². The normalized spacial score (nSPS) is 19.3. The number of nitrogens with two attached hydrogens (primary N) is 1. The predicted octanol–water partition coefficient (Wildman–Crippen LogP) is 4.49. The number of aromatic nitrogens is 5. The van der Waals surface area contributed by atoms with Gasteiger partial charge in [-0.1, -0.05) is 23.4 Å². The van der Waals surface area contributed by atoms with Crippen molar-refractivity contribution in [2.45, 2.75) is 60.7 Å². The highest BCUT2D eigenvalue weighted by Crippen LogP contribution is 2.53. The fourth-order valence-electron chi connectivity index (χ4n) is 5.37. The molecule has 3 aromatic heterocycles. The van der Waals surface area contributed by atoms with Crippen molar-refractivity contribution in [3.63, 3.8) is 0 Å². The summed E-state index contributed by atoms with van der Waals surface area (Å²) < 4.78 is 16.2. The summed E-state index contributed by atoms with van der Waals surface area (Å²) in [4.78, 5) is 37.1. The molecule has 210 valence electrons. The lowest BCUT2D eigenvalue weighted by molar-refractivity contribution is 0.174. The van der Waals surface area contributed by atoms with Gasteiger partial charge < -0.3 is 20.2 Å². The molecule has 1 aliphatic carbocycles. The van der Waals surface area contributed by atoms with E-state index in [0.717, 1.165) is 43.9 Å². The summed E-state index contributed by atoms with van der Waals surface area (Å²) in [6.45, 7) is 7.51. The molecular weight excluding hydrogens is 588 g/mol. The average Bonchev–Trinajstić information content (AvgIpc) is 3.47. The summed E-state index contributed by atoms with van der Waals surface area (Å²) >= 11 is 8.30. The number of thiazole rings is 1. The average molecular weight is 617 g/mol. The van der Waals surface area contributed by atoms with Crippen molar-refractivity contribution >= 4 is 68.6 Å². The van der Waals surface area contributed by atoms with Crippen LogP contribution in [-0.2, 0) is 17.8 Å². The van der Waals surface area contributed by atoms with Crippen LogP contribution in [0.4, 0.5) is 11.6 Å². The lowest BCUT2D eigenvalue weighted by Crippen LogP contribution is -2.50. The second-order valence-corrected chi connectivity index (χ2v) is 15.5. The number of anilines is 2. The summed E-state index contributed by atoms with van der Waals surface area (Å²) in [6.07, 6.45) is 5.83. The third kappa shape index (κ3) is 4.96. The van der Waals surface area contributed by atoms with Gasteiger partial charge in [0.2, 0.25) is 0 Å². The number of H-pyrrole nitrogens is 1. The first-order valence-electron chi connectivity index (χ1n) is 12.9. The van der Waals surface area contributed by atoms with Gasteiger partial charge in [0.1, 0.15) is 21.6 Å². The Morgan fingerprint density at radius 2 is 2.05 bits per heavy atom. The van der Waals surface area contributed by atoms with Gasteiger partial charge in [-0.3, -0.25) is 4.79 Å². The third-order valence-corrected chi connectivity index (χ3v) is 11.6. The molecule has 4 aromatic rings. The Hall–Kier alpha value is -2.42. The highest BCUT2D eigenvalue weighted by atomic mass is 35.5. The van der Waals surface area contributed by atoms with Gasteiger partial charge in [0.25, 0.3) is 5.56 Å². The Labute approximate surface area is 247 Å². The zero-order valence-corrected chi connectivity index (χ0v) is 25.4. The van der Waals surface area contributed by atoms with Crippen LogP contribution in [0.5, 0.6) is 0 Å². The van der Waals surface area contributed by atoms with E-state index in [9.17, 15) is 9.35 Å². The number of fused-ring (bicyclic) bond motifs is 2. The minimum atomic E-state index is -1.20. The molecule has 1 spiro atoms. The van der Waals surface area contributed by atoms with Gasteiger partial charge in [0.05, 0.1) is 39.7 Å². The van der Waals surface area contributed by atoms with Gasteiger partial charge >= 0.3 is 0 Å². The van der Waals surface area contributed by atoms with E-state index in [1.165, 1.54) is 23.0 Å². The van der Waals surface area contributed by atoms with Crippen molar-refractivity contribution in [2.75, 3.05) is 23.7 Å². The van der Waals surface area contributed by atoms with Gasteiger partial charge in [-0.2, -0.15) is 0 Å². The maximum absolute atomic E-state index is 13.1. The van der Waals surface area contributed by atoms with Gasteiger partial charge in [-0.05, 0) is 52.2 Å². The molecule has 1 unspecified atom stereocenters. The Kier molecular flexibility index (Phi) is 7.24. The fourth-order valence-corrected chi connectivity index (χ4v) is 8.41. The first-order valence-corrected chi connectivity index (χ1v) is 16.1. The van der Waals surface area contributed by atoms with Crippen LogP contribution in [0.25, 0.3) is 10.9 Å². The van der Waals surface area contributed by atoms with Gasteiger partial charge in [0.15, 0.2) is 5.82 Å². The molecule has 4 heterocycles. The smallest absolute Gasteiger partial charge is 0.260 e. The number of halogens is 1. The molecule has 2 atom stereocenters. The van der Waals surface area contributed by atoms with E-state index in [4.69, 9.17) is 17.3 Å². The summed E-state index contributed by atoms with van der Waals surface area (Å²) in [7, 11) is 0. The highest BCUT2D eigenvalue weighted by molar-refractivity contribution is 7.99. The number of aromatic amines is 1. The van der Waals surface area contributed by atoms with Crippen LogP contribution in [0.2, 0.25) is 5.02 Å². The van der Waals surface area contributed by atoms with E-state index in [0.29, 0.717) is 31.7 Å². The lowest BCUT2D eigenvalue weighted by Gasteiger charge is -2.43. The Morgan fingerprint density at radius 1 is 1.27 bits per heavy atom. The Morgan fingerprint density at radius 3 is 2.77 bits per heavy atom. The molecule has 2 aliphatic rings. The maximum atomic E-state index is 13.1. The molecule has 1 saturated heterocycles. The molecule has 0 bridgehead atoms. The van der Waals surface area contributed by atoms with Crippen molar-refractivity contribution in [2.24, 2.45) is 5.41 Å². The van der Waals surface area contributed by atoms with Crippen LogP contribution in [0, 0.1) is 5.41 Å². The minimum Gasteiger partial charge on any atom is -0.598 e. The zero-order valence-electron chi connectivity index (χ0n) is 22.2. The molecule has 14 heteroatoms. The van der Waals surface area contributed by atoms with Crippen molar-refractivity contribution < 1.29 is 4.55 Å². The van der Waals surface area contributed by atoms with Crippen LogP contribution in [-0.4, -0.2) is 47.3 Å². The molecule has 0 radical (unpaired) electrons. The summed E-state index contributed by atoms with van der Waals surface area (Å²) in [6, 6.07) is 3.50. The number of nitrogen functional groups attached to an aromatic ring is 1. The van der Waals surface area contributed by atoms with Crippen LogP contribution in [0.15, 0.2) is 44.9 Å². The lowest BCUT2D eigenvalue weighted by atomic mass is 9.73. The number of piperidine rings is 1. The monoisotopic (exact) mass is 616 g/mol. The standard InChI is InChI=1S/C26H29ClN8O2S3/c1-25(2,3)40(37)34-21-20-16(38-13-32-20)10-26(21)6-8-35(9-7-26)17-11-29-24(22(28)33-17)39-15-5-4-14-18(19(15)27)23(36)31-12-30-14/h4-5,11-13,21,34H,6-10H2,1-3H3,(H2,28,33)(H,30,31,36)/t21-,40?/m1/s1. The first kappa shape index (κ1) is 27.7. The largest absolute Gasteiger partial charge is 0.598 e. The Balaban J connectivity index is 1.18. The van der Waals surface area contributed by atoms with Crippen molar-refractivity contribution in [3.8, 4) is 0 Å². The van der Waals surface area contributed by atoms with Gasteiger partial charge in [-0.25, -0.2) is 19.9 Å². The SMILES string of the molecule is CC(C)(C)[S+]([O-])N[C@@H]1c2ncsc2CC12CCN(c1cnc(Sc3ccc4nc[nH]c(=O)c4c3Cl)c(N)n1)CC2. The second-order valence-electron chi connectivity index (χ2n) is 11.1. The van der Waals surface area contributed by atoms with E-state index in [2.05, 4.69) is 34.5 Å². The molecule has 10 nitrogen and oxygen atoms in total. The minimum absolute atomic E-state index is 0.0405. The van der Waals surface area contributed by atoms with Gasteiger partial charge in [-0.15, -0.1) is 16.1 Å². The highest BCUT2D eigenvalue weighted by Gasteiger charge is 2.52. The van der Waals surface area contributed by atoms with E-state index in [-0.39, 0.29) is 21.8 Å². The molecule has 4 N–H and O–H groups in total. The van der Waals surface area contributed by atoms with E-state index < -0.39 is 11.4 Å². The van der Waals surface area contributed by atoms with Crippen LogP contribution in [0.1, 0.15) is 50.2 Å². The number of nitrogens with one attached hydrogen (secondary N) is 2. The van der Waals surface area contributed by atoms with Gasteiger partial charge in [0, 0.05) is 39.6 Å². The number of rotatable bonds is 5. The summed E-state index contributed by atoms with van der Waals surface area (Å²) in [5.74, 6) is 1.02. The van der Waals surface area contributed by atoms with Crippen molar-refractivity contribution in [1.29, 1.82) is 0 Å². The molecule has 40 heavy (non-hydrogen) atoms. The van der Waals surface area contributed by atoms with Crippen LogP contribution >= 0.6 is 34.7 Å². The topological polar surface area (TPSA) is 149 Å². The maximum Gasteiger partial charge on any atom is 0.260 e. The second kappa shape index (κ2) is 10.4. The fraction of sp³-hybridized carbons (Fsp3) is 0.423. The van der Waals surface area contributed by atoms with E-state index in [1.54, 1.807) is 29.7 Å². The predicted molar refractivity (Wildman–Crippen MR) is 161 cm³/mol. The molecular formula is C26H29ClN8O2S3. The Bertz CT molecular complexity index is 1630. The third-order valence-electron chi connectivity index (χ3n) is 7.60. The van der Waals surface area contributed by atoms with Crippen molar-refractivity contribution in [3.05, 3.63) is 56.1 Å². The quantitative estimate of drug-likeness (QED) is 0.274. The zero-order chi connectivity index (χ0) is 28.2. The molecule has 0 amide bonds. The molecule has 1 aromatic carbocycles. The first-order chi connectivity index (χ1) is 19.1. The number of nitrogens with zero attached hydrogens (tertiary/aromatic N) is 5. The number of hydrogen-bond donors (Lipinski definition) is 3.